The summed E-state index contributed by atoms with van der Waals surface area (Å²) in [6, 6.07) is 12.9. The SMILES string of the molecule is CNC(=O)c1cc(C(=O)N[C@H]2[C@@H]3C[C@H](O)C[C@@H]32)cc2c1OC[C@@]2(CO)c1ccccc1. The van der Waals surface area contributed by atoms with Crippen LogP contribution in [-0.2, 0) is 5.41 Å². The smallest absolute Gasteiger partial charge is 0.254 e. The Kier molecular flexibility index (Phi) is 4.75. The third-order valence-corrected chi connectivity index (χ3v) is 7.12. The summed E-state index contributed by atoms with van der Waals surface area (Å²) in [6.45, 7) is -0.0322. The van der Waals surface area contributed by atoms with E-state index < -0.39 is 5.41 Å². The molecule has 2 saturated carbocycles. The van der Waals surface area contributed by atoms with Gasteiger partial charge in [-0.25, -0.2) is 0 Å². The van der Waals surface area contributed by atoms with Crippen molar-refractivity contribution in [3.8, 4) is 5.75 Å². The number of carbonyl (C=O) groups is 2. The van der Waals surface area contributed by atoms with E-state index in [9.17, 15) is 19.8 Å². The van der Waals surface area contributed by atoms with E-state index in [0.29, 0.717) is 28.7 Å². The van der Waals surface area contributed by atoms with E-state index in [1.807, 2.05) is 30.3 Å². The number of benzene rings is 2. The van der Waals surface area contributed by atoms with Crippen molar-refractivity contribution < 1.29 is 24.5 Å². The molecular formula is C24H26N2O5. The lowest BCUT2D eigenvalue weighted by atomic mass is 9.76. The zero-order valence-corrected chi connectivity index (χ0v) is 17.3. The first-order chi connectivity index (χ1) is 15.0. The lowest BCUT2D eigenvalue weighted by Gasteiger charge is -2.26. The summed E-state index contributed by atoms with van der Waals surface area (Å²) in [5.74, 6) is 0.458. The molecule has 7 heteroatoms. The first kappa shape index (κ1) is 20.0. The average Bonchev–Trinajstić information content (AvgIpc) is 3.13. The number of aliphatic hydroxyl groups is 2. The maximum Gasteiger partial charge on any atom is 0.254 e. The van der Waals surface area contributed by atoms with Crippen molar-refractivity contribution in [1.82, 2.24) is 10.6 Å². The van der Waals surface area contributed by atoms with Crippen LogP contribution in [0.4, 0.5) is 0 Å². The van der Waals surface area contributed by atoms with Gasteiger partial charge in [-0.1, -0.05) is 30.3 Å². The number of nitrogens with one attached hydrogen (secondary N) is 2. The summed E-state index contributed by atoms with van der Waals surface area (Å²) in [5.41, 5.74) is 1.29. The Labute approximate surface area is 180 Å². The van der Waals surface area contributed by atoms with Gasteiger partial charge in [0, 0.05) is 24.2 Å². The van der Waals surface area contributed by atoms with Crippen molar-refractivity contribution in [3.05, 3.63) is 64.7 Å². The largest absolute Gasteiger partial charge is 0.491 e. The third-order valence-electron chi connectivity index (χ3n) is 7.12. The Bertz CT molecular complexity index is 1030. The van der Waals surface area contributed by atoms with E-state index in [1.165, 1.54) is 7.05 Å². The summed E-state index contributed by atoms with van der Waals surface area (Å²) in [6.07, 6.45) is 1.17. The van der Waals surface area contributed by atoms with E-state index >= 15 is 0 Å². The van der Waals surface area contributed by atoms with Crippen LogP contribution >= 0.6 is 0 Å². The molecule has 2 aromatic carbocycles. The highest BCUT2D eigenvalue weighted by molar-refractivity contribution is 6.02. The Morgan fingerprint density at radius 3 is 2.48 bits per heavy atom. The van der Waals surface area contributed by atoms with E-state index in [2.05, 4.69) is 10.6 Å². The highest BCUT2D eigenvalue weighted by atomic mass is 16.5. The number of carbonyl (C=O) groups excluding carboxylic acids is 2. The van der Waals surface area contributed by atoms with Gasteiger partial charge in [0.05, 0.1) is 23.7 Å². The van der Waals surface area contributed by atoms with Crippen LogP contribution in [0.2, 0.25) is 0 Å². The van der Waals surface area contributed by atoms with Crippen LogP contribution in [0.15, 0.2) is 42.5 Å². The van der Waals surface area contributed by atoms with Gasteiger partial charge >= 0.3 is 0 Å². The monoisotopic (exact) mass is 422 g/mol. The fourth-order valence-electron chi connectivity index (χ4n) is 5.33. The molecule has 1 aliphatic heterocycles. The van der Waals surface area contributed by atoms with E-state index in [0.717, 1.165) is 18.4 Å². The average molecular weight is 422 g/mol. The number of amides is 2. The van der Waals surface area contributed by atoms with Gasteiger partial charge in [0.15, 0.2) is 0 Å². The van der Waals surface area contributed by atoms with Gasteiger partial charge in [-0.05, 0) is 42.4 Å². The molecule has 5 atom stereocenters. The molecule has 0 aromatic heterocycles. The van der Waals surface area contributed by atoms with E-state index in [-0.39, 0.29) is 42.7 Å². The number of hydrogen-bond donors (Lipinski definition) is 4. The maximum atomic E-state index is 13.1. The van der Waals surface area contributed by atoms with Crippen molar-refractivity contribution in [2.45, 2.75) is 30.4 Å². The molecule has 5 rings (SSSR count). The van der Waals surface area contributed by atoms with Crippen molar-refractivity contribution in [2.24, 2.45) is 11.8 Å². The second kappa shape index (κ2) is 7.35. The predicted octanol–water partition coefficient (Wildman–Crippen LogP) is 1.22. The number of ether oxygens (including phenoxy) is 1. The van der Waals surface area contributed by atoms with E-state index in [1.54, 1.807) is 12.1 Å². The highest BCUT2D eigenvalue weighted by Gasteiger charge is 2.56. The molecule has 2 amide bonds. The maximum absolute atomic E-state index is 13.1. The molecular weight excluding hydrogens is 396 g/mol. The Hall–Kier alpha value is -2.90. The molecule has 3 aliphatic rings. The summed E-state index contributed by atoms with van der Waals surface area (Å²) in [4.78, 5) is 25.7. The molecule has 0 spiro atoms. The zero-order valence-electron chi connectivity index (χ0n) is 17.3. The lowest BCUT2D eigenvalue weighted by Crippen LogP contribution is -2.34. The normalized spacial score (nSPS) is 30.2. The van der Waals surface area contributed by atoms with Crippen LogP contribution in [0, 0.1) is 11.8 Å². The fourth-order valence-corrected chi connectivity index (χ4v) is 5.33. The van der Waals surface area contributed by atoms with Gasteiger partial charge in [-0.3, -0.25) is 9.59 Å². The van der Waals surface area contributed by atoms with Crippen LogP contribution in [0.1, 0.15) is 44.7 Å². The molecule has 0 unspecified atom stereocenters. The van der Waals surface area contributed by atoms with Crippen LogP contribution in [0.5, 0.6) is 5.75 Å². The standard InChI is InChI=1S/C24H26N2O5/c1-25-23(30)18-7-13(22(29)26-20-16-9-15(28)10-17(16)20)8-19-21(18)31-12-24(19,11-27)14-5-3-2-4-6-14/h2-8,15-17,20,27-28H,9-12H2,1H3,(H,25,30)(H,26,29)/t15-,16+,17-,20-,24-/m0/s1. The van der Waals surface area contributed by atoms with Crippen molar-refractivity contribution in [3.63, 3.8) is 0 Å². The molecule has 0 radical (unpaired) electrons. The van der Waals surface area contributed by atoms with Crippen LogP contribution in [0.25, 0.3) is 0 Å². The molecule has 4 N–H and O–H groups in total. The predicted molar refractivity (Wildman–Crippen MR) is 113 cm³/mol. The molecule has 2 aromatic rings. The zero-order chi connectivity index (χ0) is 21.8. The topological polar surface area (TPSA) is 108 Å². The number of fused-ring (bicyclic) bond motifs is 2. The van der Waals surface area contributed by atoms with Crippen LogP contribution < -0.4 is 15.4 Å². The summed E-state index contributed by atoms with van der Waals surface area (Å²) in [5, 5.41) is 25.8. The van der Waals surface area contributed by atoms with Crippen LogP contribution in [0.3, 0.4) is 0 Å². The molecule has 31 heavy (non-hydrogen) atoms. The minimum absolute atomic E-state index is 0.0700. The quantitative estimate of drug-likeness (QED) is 0.580. The molecule has 2 aliphatic carbocycles. The summed E-state index contributed by atoms with van der Waals surface area (Å²) in [7, 11) is 1.53. The molecule has 7 nitrogen and oxygen atoms in total. The second-order valence-electron chi connectivity index (χ2n) is 8.83. The minimum atomic E-state index is -0.851. The van der Waals surface area contributed by atoms with Gasteiger partial charge in [-0.2, -0.15) is 0 Å². The van der Waals surface area contributed by atoms with Crippen LogP contribution in [-0.4, -0.2) is 54.4 Å². The lowest BCUT2D eigenvalue weighted by molar-refractivity contribution is 0.0936. The number of hydrogen-bond acceptors (Lipinski definition) is 5. The van der Waals surface area contributed by atoms with E-state index in [4.69, 9.17) is 4.74 Å². The number of rotatable bonds is 5. The highest BCUT2D eigenvalue weighted by Crippen LogP contribution is 2.52. The fraction of sp³-hybridized carbons (Fsp3) is 0.417. The molecule has 0 bridgehead atoms. The van der Waals surface area contributed by atoms with Gasteiger partial charge in [0.2, 0.25) is 0 Å². The molecule has 162 valence electrons. The van der Waals surface area contributed by atoms with Gasteiger partial charge in [0.1, 0.15) is 12.4 Å². The molecule has 0 saturated heterocycles. The van der Waals surface area contributed by atoms with Crippen molar-refractivity contribution in [1.29, 1.82) is 0 Å². The second-order valence-corrected chi connectivity index (χ2v) is 8.83. The Morgan fingerprint density at radius 2 is 1.84 bits per heavy atom. The molecule has 1 heterocycles. The molecule has 2 fully saturated rings. The summed E-state index contributed by atoms with van der Waals surface area (Å²) < 4.78 is 5.93. The van der Waals surface area contributed by atoms with Gasteiger partial charge < -0.3 is 25.6 Å². The summed E-state index contributed by atoms with van der Waals surface area (Å²) >= 11 is 0. The minimum Gasteiger partial charge on any atom is -0.491 e. The third kappa shape index (κ3) is 3.11. The number of aliphatic hydroxyl groups excluding tert-OH is 2. The van der Waals surface area contributed by atoms with Crippen molar-refractivity contribution >= 4 is 11.8 Å². The van der Waals surface area contributed by atoms with Gasteiger partial charge in [-0.15, -0.1) is 0 Å². The first-order valence-corrected chi connectivity index (χ1v) is 10.7. The van der Waals surface area contributed by atoms with Crippen molar-refractivity contribution in [2.75, 3.05) is 20.3 Å². The first-order valence-electron chi connectivity index (χ1n) is 10.7. The van der Waals surface area contributed by atoms with Gasteiger partial charge in [0.25, 0.3) is 11.8 Å². The Morgan fingerprint density at radius 1 is 1.13 bits per heavy atom. The Balaban J connectivity index is 1.54.